The zero-order valence-corrected chi connectivity index (χ0v) is 14.4. The highest BCUT2D eigenvalue weighted by atomic mass is 16.5. The van der Waals surface area contributed by atoms with Gasteiger partial charge in [0.15, 0.2) is 0 Å². The molecule has 0 aromatic heterocycles. The number of hydrogen-bond donors (Lipinski definition) is 0. The highest BCUT2D eigenvalue weighted by Crippen LogP contribution is 2.28. The molecule has 1 heterocycles. The van der Waals surface area contributed by atoms with Gasteiger partial charge in [-0.3, -0.25) is 9.59 Å². The molecule has 23 heavy (non-hydrogen) atoms. The SMILES string of the molecule is CCOC(=O)C1CCCN(C(=O)C(C)(C)Cc2ccccc2)C1. The van der Waals surface area contributed by atoms with Crippen LogP contribution in [0.4, 0.5) is 0 Å². The van der Waals surface area contributed by atoms with Crippen molar-refractivity contribution in [3.8, 4) is 0 Å². The summed E-state index contributed by atoms with van der Waals surface area (Å²) in [6.45, 7) is 7.38. The van der Waals surface area contributed by atoms with Gasteiger partial charge in [-0.25, -0.2) is 0 Å². The molecule has 0 bridgehead atoms. The molecule has 1 aromatic carbocycles. The monoisotopic (exact) mass is 317 g/mol. The normalized spacial score (nSPS) is 18.6. The van der Waals surface area contributed by atoms with Crippen LogP contribution in [0.3, 0.4) is 0 Å². The standard InChI is InChI=1S/C19H27NO3/c1-4-23-17(21)16-11-8-12-20(14-16)18(22)19(2,3)13-15-9-6-5-7-10-15/h5-7,9-10,16H,4,8,11-14H2,1-3H3. The van der Waals surface area contributed by atoms with E-state index in [1.54, 1.807) is 0 Å². The maximum Gasteiger partial charge on any atom is 0.310 e. The molecule has 2 rings (SSSR count). The van der Waals surface area contributed by atoms with E-state index in [4.69, 9.17) is 4.74 Å². The van der Waals surface area contributed by atoms with Crippen LogP contribution in [0.5, 0.6) is 0 Å². The van der Waals surface area contributed by atoms with Crippen LogP contribution in [0, 0.1) is 11.3 Å². The molecule has 0 saturated carbocycles. The Morgan fingerprint density at radius 3 is 2.61 bits per heavy atom. The summed E-state index contributed by atoms with van der Waals surface area (Å²) in [5, 5.41) is 0. The number of hydrogen-bond acceptors (Lipinski definition) is 3. The second-order valence-electron chi connectivity index (χ2n) is 6.89. The summed E-state index contributed by atoms with van der Waals surface area (Å²) in [6, 6.07) is 10.1. The third-order valence-electron chi connectivity index (χ3n) is 4.40. The minimum absolute atomic E-state index is 0.121. The highest BCUT2D eigenvalue weighted by Gasteiger charge is 2.36. The summed E-state index contributed by atoms with van der Waals surface area (Å²) < 4.78 is 5.11. The van der Waals surface area contributed by atoms with E-state index in [1.807, 2.05) is 56.0 Å². The van der Waals surface area contributed by atoms with Crippen LogP contribution in [0.1, 0.15) is 39.2 Å². The van der Waals surface area contributed by atoms with Crippen molar-refractivity contribution in [1.82, 2.24) is 4.90 Å². The number of ether oxygens (including phenoxy) is 1. The fourth-order valence-corrected chi connectivity index (χ4v) is 3.22. The van der Waals surface area contributed by atoms with E-state index in [2.05, 4.69) is 0 Å². The van der Waals surface area contributed by atoms with Crippen molar-refractivity contribution < 1.29 is 14.3 Å². The average molecular weight is 317 g/mol. The largest absolute Gasteiger partial charge is 0.466 e. The Hall–Kier alpha value is -1.84. The molecule has 1 atom stereocenters. The first-order valence-corrected chi connectivity index (χ1v) is 8.44. The average Bonchev–Trinajstić information content (AvgIpc) is 2.55. The van der Waals surface area contributed by atoms with Crippen molar-refractivity contribution >= 4 is 11.9 Å². The van der Waals surface area contributed by atoms with Gasteiger partial charge in [-0.05, 0) is 31.7 Å². The van der Waals surface area contributed by atoms with Crippen LogP contribution in [0.25, 0.3) is 0 Å². The van der Waals surface area contributed by atoms with Crippen LogP contribution in [0.15, 0.2) is 30.3 Å². The van der Waals surface area contributed by atoms with Crippen LogP contribution in [-0.4, -0.2) is 36.5 Å². The molecule has 0 spiro atoms. The number of likely N-dealkylation sites (tertiary alicyclic amines) is 1. The van der Waals surface area contributed by atoms with Crippen LogP contribution < -0.4 is 0 Å². The Balaban J connectivity index is 2.01. The summed E-state index contributed by atoms with van der Waals surface area (Å²) in [6.07, 6.45) is 2.37. The van der Waals surface area contributed by atoms with Crippen molar-refractivity contribution in [3.05, 3.63) is 35.9 Å². The number of carbonyl (C=O) groups is 2. The Morgan fingerprint density at radius 2 is 1.96 bits per heavy atom. The topological polar surface area (TPSA) is 46.6 Å². The van der Waals surface area contributed by atoms with Gasteiger partial charge in [0.05, 0.1) is 12.5 Å². The number of rotatable bonds is 5. The molecule has 1 saturated heterocycles. The zero-order valence-electron chi connectivity index (χ0n) is 14.4. The first-order chi connectivity index (χ1) is 10.9. The lowest BCUT2D eigenvalue weighted by atomic mass is 9.83. The smallest absolute Gasteiger partial charge is 0.310 e. The van der Waals surface area contributed by atoms with E-state index < -0.39 is 5.41 Å². The van der Waals surface area contributed by atoms with Gasteiger partial charge in [-0.2, -0.15) is 0 Å². The first kappa shape index (κ1) is 17.5. The number of carbonyl (C=O) groups excluding carboxylic acids is 2. The minimum Gasteiger partial charge on any atom is -0.466 e. The van der Waals surface area contributed by atoms with Crippen molar-refractivity contribution in [2.45, 2.75) is 40.0 Å². The quantitative estimate of drug-likeness (QED) is 0.784. The summed E-state index contributed by atoms with van der Waals surface area (Å²) >= 11 is 0. The predicted molar refractivity (Wildman–Crippen MR) is 89.9 cm³/mol. The Labute approximate surface area is 138 Å². The molecule has 1 aromatic rings. The number of nitrogens with zero attached hydrogens (tertiary/aromatic N) is 1. The Morgan fingerprint density at radius 1 is 1.26 bits per heavy atom. The van der Waals surface area contributed by atoms with E-state index in [0.717, 1.165) is 24.9 Å². The van der Waals surface area contributed by atoms with E-state index in [0.29, 0.717) is 19.6 Å². The second kappa shape index (κ2) is 7.62. The van der Waals surface area contributed by atoms with Gasteiger partial charge in [-0.15, -0.1) is 0 Å². The number of esters is 1. The van der Waals surface area contributed by atoms with Crippen LogP contribution in [-0.2, 0) is 20.7 Å². The molecule has 126 valence electrons. The highest BCUT2D eigenvalue weighted by molar-refractivity contribution is 5.83. The molecule has 1 aliphatic heterocycles. The van der Waals surface area contributed by atoms with Crippen LogP contribution in [0.2, 0.25) is 0 Å². The van der Waals surface area contributed by atoms with Crippen molar-refractivity contribution in [2.24, 2.45) is 11.3 Å². The lowest BCUT2D eigenvalue weighted by molar-refractivity contribution is -0.153. The van der Waals surface area contributed by atoms with E-state index in [1.165, 1.54) is 0 Å². The molecule has 0 aliphatic carbocycles. The summed E-state index contributed by atoms with van der Waals surface area (Å²) in [7, 11) is 0. The van der Waals surface area contributed by atoms with Crippen molar-refractivity contribution in [1.29, 1.82) is 0 Å². The summed E-state index contributed by atoms with van der Waals surface area (Å²) in [5.41, 5.74) is 0.683. The molecular weight excluding hydrogens is 290 g/mol. The number of benzene rings is 1. The molecule has 0 N–H and O–H groups in total. The van der Waals surface area contributed by atoms with E-state index in [-0.39, 0.29) is 17.8 Å². The maximum atomic E-state index is 12.9. The fraction of sp³-hybridized carbons (Fsp3) is 0.579. The van der Waals surface area contributed by atoms with Crippen molar-refractivity contribution in [2.75, 3.05) is 19.7 Å². The molecule has 4 heteroatoms. The molecule has 1 fully saturated rings. The Kier molecular flexibility index (Phi) is 5.80. The zero-order chi connectivity index (χ0) is 16.9. The second-order valence-corrected chi connectivity index (χ2v) is 6.89. The molecule has 1 amide bonds. The Bertz CT molecular complexity index is 539. The van der Waals surface area contributed by atoms with Gasteiger partial charge in [-0.1, -0.05) is 44.2 Å². The lowest BCUT2D eigenvalue weighted by Gasteiger charge is -2.37. The fourth-order valence-electron chi connectivity index (χ4n) is 3.22. The van der Waals surface area contributed by atoms with Gasteiger partial charge < -0.3 is 9.64 Å². The van der Waals surface area contributed by atoms with E-state index in [9.17, 15) is 9.59 Å². The van der Waals surface area contributed by atoms with Crippen LogP contribution >= 0.6 is 0 Å². The molecule has 0 radical (unpaired) electrons. The molecular formula is C19H27NO3. The molecule has 1 aliphatic rings. The first-order valence-electron chi connectivity index (χ1n) is 8.44. The van der Waals surface area contributed by atoms with E-state index >= 15 is 0 Å². The van der Waals surface area contributed by atoms with Gasteiger partial charge in [0.1, 0.15) is 0 Å². The third kappa shape index (κ3) is 4.57. The predicted octanol–water partition coefficient (Wildman–Crippen LogP) is 3.06. The third-order valence-corrected chi connectivity index (χ3v) is 4.40. The molecule has 4 nitrogen and oxygen atoms in total. The minimum atomic E-state index is -0.474. The van der Waals surface area contributed by atoms with Crippen molar-refractivity contribution in [3.63, 3.8) is 0 Å². The number of piperidine rings is 1. The summed E-state index contributed by atoms with van der Waals surface area (Å²) in [4.78, 5) is 26.7. The van der Waals surface area contributed by atoms with Gasteiger partial charge in [0.2, 0.25) is 5.91 Å². The van der Waals surface area contributed by atoms with Gasteiger partial charge >= 0.3 is 5.97 Å². The molecule has 1 unspecified atom stereocenters. The maximum absolute atomic E-state index is 12.9. The lowest BCUT2D eigenvalue weighted by Crippen LogP contribution is -2.48. The van der Waals surface area contributed by atoms with Gasteiger partial charge in [0.25, 0.3) is 0 Å². The van der Waals surface area contributed by atoms with Gasteiger partial charge in [0, 0.05) is 18.5 Å². The summed E-state index contributed by atoms with van der Waals surface area (Å²) in [5.74, 6) is -0.235. The number of amides is 1.